The molecule has 0 heterocycles. The molecule has 0 bridgehead atoms. The van der Waals surface area contributed by atoms with Crippen molar-refractivity contribution in [3.05, 3.63) is 126 Å². The van der Waals surface area contributed by atoms with Gasteiger partial charge in [0.05, 0.1) is 0 Å². The first-order chi connectivity index (χ1) is 13.8. The van der Waals surface area contributed by atoms with Gasteiger partial charge in [0.25, 0.3) is 0 Å². The van der Waals surface area contributed by atoms with E-state index in [0.717, 1.165) is 0 Å². The van der Waals surface area contributed by atoms with Gasteiger partial charge >= 0.3 is 0 Å². The van der Waals surface area contributed by atoms with Crippen LogP contribution < -0.4 is 0 Å². The van der Waals surface area contributed by atoms with E-state index in [4.69, 9.17) is 0 Å². The Bertz CT molecular complexity index is 1250. The van der Waals surface area contributed by atoms with Gasteiger partial charge in [-0.05, 0) is 56.4 Å². The van der Waals surface area contributed by atoms with Gasteiger partial charge in [0.15, 0.2) is 0 Å². The Morgan fingerprint density at radius 2 is 1.07 bits per heavy atom. The van der Waals surface area contributed by atoms with Crippen LogP contribution in [0.3, 0.4) is 0 Å². The predicted molar refractivity (Wildman–Crippen MR) is 117 cm³/mol. The molecular weight excluding hydrogens is 340 g/mol. The summed E-state index contributed by atoms with van der Waals surface area (Å²) in [6, 6.07) is 37.7. The number of benzene rings is 5. The van der Waals surface area contributed by atoms with Crippen LogP contribution in [0.15, 0.2) is 109 Å². The Hall–Kier alpha value is -3.58. The summed E-state index contributed by atoms with van der Waals surface area (Å²) < 4.78 is 0. The molecule has 0 fully saturated rings. The van der Waals surface area contributed by atoms with Gasteiger partial charge in [-0.2, -0.15) is 0 Å². The monoisotopic (exact) mass is 360 g/mol. The molecule has 0 amide bonds. The maximum atomic E-state index is 9.79. The van der Waals surface area contributed by atoms with Crippen molar-refractivity contribution in [2.75, 3.05) is 0 Å². The van der Waals surface area contributed by atoms with Crippen molar-refractivity contribution in [1.82, 2.24) is 0 Å². The molecule has 0 saturated carbocycles. The summed E-state index contributed by atoms with van der Waals surface area (Å²) in [5.74, 6) is 0.384. The van der Waals surface area contributed by atoms with Gasteiger partial charge in [0.1, 0.15) is 5.75 Å². The molecule has 0 aliphatic heterocycles. The Balaban J connectivity index is 1.86. The summed E-state index contributed by atoms with van der Waals surface area (Å²) in [6.07, 6.45) is 0. The average molecular weight is 360 g/mol. The number of phenolic OH excluding ortho intramolecular Hbond substituents is 1. The third-order valence-electron chi connectivity index (χ3n) is 5.47. The molecule has 28 heavy (non-hydrogen) atoms. The molecule has 1 unspecified atom stereocenters. The maximum Gasteiger partial charge on any atom is 0.115 e. The fraction of sp³-hybridized carbons (Fsp3) is 0.0370. The fourth-order valence-corrected chi connectivity index (χ4v) is 4.19. The van der Waals surface area contributed by atoms with Gasteiger partial charge in [0, 0.05) is 5.92 Å². The number of phenols is 1. The molecule has 1 heteroatoms. The summed E-state index contributed by atoms with van der Waals surface area (Å²) in [7, 11) is 0. The third-order valence-corrected chi connectivity index (χ3v) is 5.47. The van der Waals surface area contributed by atoms with E-state index in [-0.39, 0.29) is 5.92 Å². The molecule has 5 aromatic carbocycles. The first-order valence-electron chi connectivity index (χ1n) is 9.55. The van der Waals surface area contributed by atoms with E-state index in [1.807, 2.05) is 12.1 Å². The van der Waals surface area contributed by atoms with Crippen molar-refractivity contribution in [1.29, 1.82) is 0 Å². The Kier molecular flexibility index (Phi) is 4.06. The summed E-state index contributed by atoms with van der Waals surface area (Å²) in [5.41, 5.74) is 3.70. The zero-order chi connectivity index (χ0) is 18.9. The van der Waals surface area contributed by atoms with Crippen LogP contribution in [0.25, 0.3) is 21.5 Å². The molecule has 0 aliphatic rings. The highest BCUT2D eigenvalue weighted by atomic mass is 16.3. The first kappa shape index (κ1) is 16.6. The Morgan fingerprint density at radius 1 is 0.500 bits per heavy atom. The van der Waals surface area contributed by atoms with Crippen LogP contribution in [0.1, 0.15) is 22.6 Å². The van der Waals surface area contributed by atoms with Crippen molar-refractivity contribution in [2.45, 2.75) is 5.92 Å². The molecule has 0 spiro atoms. The van der Waals surface area contributed by atoms with Crippen LogP contribution in [0, 0.1) is 0 Å². The van der Waals surface area contributed by atoms with Crippen LogP contribution in [-0.2, 0) is 0 Å². The molecule has 0 aromatic heterocycles. The smallest absolute Gasteiger partial charge is 0.115 e. The second-order valence-electron chi connectivity index (χ2n) is 7.17. The minimum Gasteiger partial charge on any atom is -0.508 e. The maximum absolute atomic E-state index is 9.79. The van der Waals surface area contributed by atoms with Gasteiger partial charge < -0.3 is 5.11 Å². The molecule has 5 rings (SSSR count). The summed E-state index contributed by atoms with van der Waals surface area (Å²) in [6.45, 7) is 0. The van der Waals surface area contributed by atoms with Crippen LogP contribution in [0.5, 0.6) is 5.75 Å². The highest BCUT2D eigenvalue weighted by Gasteiger charge is 2.20. The minimum absolute atomic E-state index is 0.0938. The SMILES string of the molecule is Oc1ccc(C(c2ccccc2)c2cc3ccccc3c3ccccc23)cc1. The van der Waals surface area contributed by atoms with Crippen LogP contribution in [0.4, 0.5) is 0 Å². The molecule has 1 N–H and O–H groups in total. The second-order valence-corrected chi connectivity index (χ2v) is 7.17. The largest absolute Gasteiger partial charge is 0.508 e. The van der Waals surface area contributed by atoms with Gasteiger partial charge in [-0.15, -0.1) is 0 Å². The number of fused-ring (bicyclic) bond motifs is 3. The highest BCUT2D eigenvalue weighted by molar-refractivity contribution is 6.09. The normalized spacial score (nSPS) is 12.3. The fourth-order valence-electron chi connectivity index (χ4n) is 4.19. The Labute approximate surface area is 164 Å². The van der Waals surface area contributed by atoms with E-state index in [2.05, 4.69) is 84.9 Å². The van der Waals surface area contributed by atoms with Gasteiger partial charge in [-0.25, -0.2) is 0 Å². The molecule has 0 aliphatic carbocycles. The van der Waals surface area contributed by atoms with E-state index in [9.17, 15) is 5.11 Å². The molecular formula is C27H20O. The quantitative estimate of drug-likeness (QED) is 0.275. The second kappa shape index (κ2) is 6.86. The summed E-state index contributed by atoms with van der Waals surface area (Å²) in [5, 5.41) is 14.9. The van der Waals surface area contributed by atoms with Gasteiger partial charge in [-0.3, -0.25) is 0 Å². The lowest BCUT2D eigenvalue weighted by Crippen LogP contribution is -2.04. The minimum atomic E-state index is 0.0938. The zero-order valence-electron chi connectivity index (χ0n) is 15.4. The molecule has 5 aromatic rings. The third kappa shape index (κ3) is 2.82. The van der Waals surface area contributed by atoms with Gasteiger partial charge in [-0.1, -0.05) is 91.0 Å². The first-order valence-corrected chi connectivity index (χ1v) is 9.55. The highest BCUT2D eigenvalue weighted by Crippen LogP contribution is 2.39. The van der Waals surface area contributed by atoms with Crippen molar-refractivity contribution < 1.29 is 5.11 Å². The van der Waals surface area contributed by atoms with Crippen molar-refractivity contribution in [2.24, 2.45) is 0 Å². The summed E-state index contributed by atoms with van der Waals surface area (Å²) >= 11 is 0. The van der Waals surface area contributed by atoms with Crippen LogP contribution >= 0.6 is 0 Å². The van der Waals surface area contributed by atoms with Gasteiger partial charge in [0.2, 0.25) is 0 Å². The van der Waals surface area contributed by atoms with E-state index in [1.54, 1.807) is 12.1 Å². The number of hydrogen-bond acceptors (Lipinski definition) is 1. The summed E-state index contributed by atoms with van der Waals surface area (Å²) in [4.78, 5) is 0. The Morgan fingerprint density at radius 3 is 1.82 bits per heavy atom. The lowest BCUT2D eigenvalue weighted by Gasteiger charge is -2.22. The predicted octanol–water partition coefficient (Wildman–Crippen LogP) is 6.88. The molecule has 1 nitrogen and oxygen atoms in total. The standard InChI is InChI=1S/C27H20O/c28-22-16-14-20(15-17-22)27(19-8-2-1-3-9-19)26-18-21-10-4-5-11-23(21)24-12-6-7-13-25(24)26/h1-18,27-28H. The lowest BCUT2D eigenvalue weighted by atomic mass is 9.81. The lowest BCUT2D eigenvalue weighted by molar-refractivity contribution is 0.475. The number of aromatic hydroxyl groups is 1. The number of rotatable bonds is 3. The van der Waals surface area contributed by atoms with Crippen molar-refractivity contribution in [3.63, 3.8) is 0 Å². The van der Waals surface area contributed by atoms with Crippen LogP contribution in [0.2, 0.25) is 0 Å². The van der Waals surface area contributed by atoms with E-state index in [0.29, 0.717) is 5.75 Å². The van der Waals surface area contributed by atoms with E-state index >= 15 is 0 Å². The molecule has 1 atom stereocenters. The average Bonchev–Trinajstić information content (AvgIpc) is 2.76. The topological polar surface area (TPSA) is 20.2 Å². The zero-order valence-corrected chi connectivity index (χ0v) is 15.4. The molecule has 134 valence electrons. The van der Waals surface area contributed by atoms with E-state index < -0.39 is 0 Å². The molecule has 0 radical (unpaired) electrons. The molecule has 0 saturated heterocycles. The van der Waals surface area contributed by atoms with E-state index in [1.165, 1.54) is 38.2 Å². The van der Waals surface area contributed by atoms with Crippen molar-refractivity contribution >= 4 is 21.5 Å². The van der Waals surface area contributed by atoms with Crippen LogP contribution in [-0.4, -0.2) is 5.11 Å². The van der Waals surface area contributed by atoms with Crippen molar-refractivity contribution in [3.8, 4) is 5.75 Å². The number of hydrogen-bond donors (Lipinski definition) is 1.